The zero-order chi connectivity index (χ0) is 23.3. The zero-order valence-corrected chi connectivity index (χ0v) is 17.6. The second kappa shape index (κ2) is 9.60. The molecule has 1 fully saturated rings. The van der Waals surface area contributed by atoms with E-state index < -0.39 is 45.8 Å². The molecule has 1 N–H and O–H groups in total. The Morgan fingerprint density at radius 2 is 1.65 bits per heavy atom. The van der Waals surface area contributed by atoms with Crippen LogP contribution in [0.2, 0.25) is 0 Å². The molecule has 170 valence electrons. The van der Waals surface area contributed by atoms with Gasteiger partial charge in [0.15, 0.2) is 11.5 Å². The number of carbonyl (C=O) groups is 3. The third-order valence-electron chi connectivity index (χ3n) is 4.85. The fourth-order valence-electron chi connectivity index (χ4n) is 3.46. The zero-order valence-electron chi connectivity index (χ0n) is 17.6. The number of carbonyl (C=O) groups excluding carboxylic acids is 3. The molecule has 12 heteroatoms. The van der Waals surface area contributed by atoms with Crippen LogP contribution >= 0.6 is 0 Å². The van der Waals surface area contributed by atoms with E-state index in [0.29, 0.717) is 4.90 Å². The molecule has 0 radical (unpaired) electrons. The van der Waals surface area contributed by atoms with Crippen LogP contribution in [-0.4, -0.2) is 72.0 Å². The van der Waals surface area contributed by atoms with Crippen LogP contribution in [0.1, 0.15) is 37.0 Å². The average Bonchev–Trinajstić information content (AvgIpc) is 3.10. The van der Waals surface area contributed by atoms with Crippen LogP contribution < -0.4 is 9.47 Å². The molecule has 0 saturated carbocycles. The molecule has 31 heavy (non-hydrogen) atoms. The number of nitro benzene ring substituents is 1. The lowest BCUT2D eigenvalue weighted by Gasteiger charge is -2.35. The van der Waals surface area contributed by atoms with E-state index in [2.05, 4.69) is 0 Å². The van der Waals surface area contributed by atoms with Crippen molar-refractivity contribution in [3.8, 4) is 11.5 Å². The van der Waals surface area contributed by atoms with Crippen LogP contribution in [0.5, 0.6) is 11.5 Å². The summed E-state index contributed by atoms with van der Waals surface area (Å²) in [5.74, 6) is -3.33. The van der Waals surface area contributed by atoms with Crippen molar-refractivity contribution in [1.82, 2.24) is 4.90 Å². The molecule has 0 bridgehead atoms. The summed E-state index contributed by atoms with van der Waals surface area (Å²) in [5, 5.41) is 22.1. The first-order chi connectivity index (χ1) is 14.7. The molecule has 1 aliphatic heterocycles. The van der Waals surface area contributed by atoms with Crippen LogP contribution in [0.25, 0.3) is 0 Å². The number of aliphatic hydroxyl groups is 1. The molecular formula is C19H24N2O10. The standard InChI is InChI=1S/C19H24N2O10/c1-5-30-17(24)19(18(25)31-6-2)8-7-15(22)20(19)16(23)11-9-13(28-3)14(29-4)10-12(11)21(26)27/h9-10,15,22H,5-8H2,1-4H3. The second-order valence-electron chi connectivity index (χ2n) is 6.48. The molecular weight excluding hydrogens is 416 g/mol. The van der Waals surface area contributed by atoms with Crippen LogP contribution in [-0.2, 0) is 19.1 Å². The van der Waals surface area contributed by atoms with E-state index in [1.165, 1.54) is 28.1 Å². The van der Waals surface area contributed by atoms with Crippen LogP contribution in [0, 0.1) is 10.1 Å². The van der Waals surface area contributed by atoms with Gasteiger partial charge in [-0.15, -0.1) is 0 Å². The van der Waals surface area contributed by atoms with Gasteiger partial charge < -0.3 is 24.1 Å². The molecule has 1 saturated heterocycles. The maximum absolute atomic E-state index is 13.4. The molecule has 1 heterocycles. The lowest BCUT2D eigenvalue weighted by molar-refractivity contribution is -0.385. The lowest BCUT2D eigenvalue weighted by atomic mass is 9.95. The van der Waals surface area contributed by atoms with Gasteiger partial charge in [-0.3, -0.25) is 19.8 Å². The summed E-state index contributed by atoms with van der Waals surface area (Å²) in [6.07, 6.45) is -2.02. The average molecular weight is 440 g/mol. The second-order valence-corrected chi connectivity index (χ2v) is 6.48. The highest BCUT2D eigenvalue weighted by atomic mass is 16.6. The first kappa shape index (κ1) is 23.9. The quantitative estimate of drug-likeness (QED) is 0.268. The molecule has 0 aromatic heterocycles. The summed E-state index contributed by atoms with van der Waals surface area (Å²) in [6.45, 7) is 2.81. The Kier molecular flexibility index (Phi) is 7.39. The van der Waals surface area contributed by atoms with Gasteiger partial charge in [0, 0.05) is 6.07 Å². The summed E-state index contributed by atoms with van der Waals surface area (Å²) in [4.78, 5) is 50.4. The van der Waals surface area contributed by atoms with E-state index in [4.69, 9.17) is 18.9 Å². The maximum Gasteiger partial charge on any atom is 0.344 e. The normalized spacial score (nSPS) is 17.1. The molecule has 1 aromatic rings. The number of hydrogen-bond donors (Lipinski definition) is 1. The Morgan fingerprint density at radius 1 is 1.13 bits per heavy atom. The number of nitro groups is 1. The largest absolute Gasteiger partial charge is 0.493 e. The maximum atomic E-state index is 13.4. The molecule has 1 atom stereocenters. The minimum Gasteiger partial charge on any atom is -0.493 e. The Bertz CT molecular complexity index is 867. The molecule has 1 aliphatic rings. The van der Waals surface area contributed by atoms with Gasteiger partial charge >= 0.3 is 11.9 Å². The Labute approximate surface area is 177 Å². The topological polar surface area (TPSA) is 155 Å². The van der Waals surface area contributed by atoms with Crippen molar-refractivity contribution < 1.29 is 43.4 Å². The number of esters is 2. The predicted octanol–water partition coefficient (Wildman–Crippen LogP) is 1.03. The number of benzene rings is 1. The molecule has 1 unspecified atom stereocenters. The summed E-state index contributed by atoms with van der Waals surface area (Å²) < 4.78 is 20.1. The van der Waals surface area contributed by atoms with Crippen LogP contribution in [0.3, 0.4) is 0 Å². The number of amides is 1. The fourth-order valence-corrected chi connectivity index (χ4v) is 3.46. The third-order valence-corrected chi connectivity index (χ3v) is 4.85. The highest BCUT2D eigenvalue weighted by molar-refractivity contribution is 6.11. The monoisotopic (exact) mass is 440 g/mol. The Balaban J connectivity index is 2.70. The van der Waals surface area contributed by atoms with Crippen molar-refractivity contribution in [3.05, 3.63) is 27.8 Å². The van der Waals surface area contributed by atoms with Crippen molar-refractivity contribution in [2.24, 2.45) is 0 Å². The number of hydrogen-bond acceptors (Lipinski definition) is 10. The molecule has 0 aliphatic carbocycles. The number of aliphatic hydroxyl groups excluding tert-OH is 1. The first-order valence-corrected chi connectivity index (χ1v) is 9.46. The molecule has 2 rings (SSSR count). The van der Waals surface area contributed by atoms with Crippen molar-refractivity contribution in [1.29, 1.82) is 0 Å². The highest BCUT2D eigenvalue weighted by Gasteiger charge is 2.62. The number of nitrogens with zero attached hydrogens (tertiary/aromatic N) is 2. The van der Waals surface area contributed by atoms with Gasteiger partial charge in [-0.25, -0.2) is 9.59 Å². The minimum absolute atomic E-state index is 0.00278. The Morgan fingerprint density at radius 3 is 2.10 bits per heavy atom. The summed E-state index contributed by atoms with van der Waals surface area (Å²) in [7, 11) is 2.53. The van der Waals surface area contributed by atoms with E-state index in [-0.39, 0.29) is 37.6 Å². The molecule has 0 spiro atoms. The van der Waals surface area contributed by atoms with E-state index in [0.717, 1.165) is 12.1 Å². The van der Waals surface area contributed by atoms with Crippen molar-refractivity contribution >= 4 is 23.5 Å². The number of likely N-dealkylation sites (tertiary alicyclic amines) is 1. The van der Waals surface area contributed by atoms with E-state index in [1.54, 1.807) is 0 Å². The van der Waals surface area contributed by atoms with Gasteiger partial charge in [-0.05, 0) is 26.7 Å². The number of ether oxygens (including phenoxy) is 4. The van der Waals surface area contributed by atoms with Crippen molar-refractivity contribution in [3.63, 3.8) is 0 Å². The number of methoxy groups -OCH3 is 2. The molecule has 1 amide bonds. The molecule has 1 aromatic carbocycles. The minimum atomic E-state index is -2.29. The van der Waals surface area contributed by atoms with Crippen LogP contribution in [0.4, 0.5) is 5.69 Å². The van der Waals surface area contributed by atoms with E-state index in [1.807, 2.05) is 0 Å². The van der Waals surface area contributed by atoms with Crippen molar-refractivity contribution in [2.75, 3.05) is 27.4 Å². The first-order valence-electron chi connectivity index (χ1n) is 9.46. The van der Waals surface area contributed by atoms with E-state index >= 15 is 0 Å². The van der Waals surface area contributed by atoms with Gasteiger partial charge in [0.05, 0.1) is 38.4 Å². The summed E-state index contributed by atoms with van der Waals surface area (Å²) in [6, 6.07) is 2.02. The smallest absolute Gasteiger partial charge is 0.344 e. The SMILES string of the molecule is CCOC(=O)C1(C(=O)OCC)CCC(O)N1C(=O)c1cc(OC)c(OC)cc1[N+](=O)[O-]. The van der Waals surface area contributed by atoms with Gasteiger partial charge in [-0.1, -0.05) is 0 Å². The Hall–Kier alpha value is -3.41. The van der Waals surface area contributed by atoms with E-state index in [9.17, 15) is 29.6 Å². The molecule has 12 nitrogen and oxygen atoms in total. The van der Waals surface area contributed by atoms with Gasteiger partial charge in [0.25, 0.3) is 11.6 Å². The summed E-state index contributed by atoms with van der Waals surface area (Å²) >= 11 is 0. The summed E-state index contributed by atoms with van der Waals surface area (Å²) in [5.41, 5.74) is -3.46. The van der Waals surface area contributed by atoms with Gasteiger partial charge in [0.1, 0.15) is 11.8 Å². The number of rotatable bonds is 8. The van der Waals surface area contributed by atoms with Crippen molar-refractivity contribution in [2.45, 2.75) is 38.5 Å². The van der Waals surface area contributed by atoms with Gasteiger partial charge in [0.2, 0.25) is 5.54 Å². The predicted molar refractivity (Wildman–Crippen MR) is 104 cm³/mol. The fraction of sp³-hybridized carbons (Fsp3) is 0.526. The van der Waals surface area contributed by atoms with Crippen LogP contribution in [0.15, 0.2) is 12.1 Å². The van der Waals surface area contributed by atoms with Gasteiger partial charge in [-0.2, -0.15) is 0 Å². The highest BCUT2D eigenvalue weighted by Crippen LogP contribution is 2.40. The third kappa shape index (κ3) is 4.10. The lowest BCUT2D eigenvalue weighted by Crippen LogP contribution is -2.61.